The lowest BCUT2D eigenvalue weighted by Crippen LogP contribution is -1.85. The monoisotopic (exact) mass is 422 g/mol. The fraction of sp³-hybridized carbons (Fsp3) is 0. The molecule has 0 spiro atoms. The Morgan fingerprint density at radius 3 is 2.00 bits per heavy atom. The molecule has 0 bridgehead atoms. The zero-order valence-corrected chi connectivity index (χ0v) is 17.7. The van der Waals surface area contributed by atoms with Gasteiger partial charge in [0.2, 0.25) is 5.69 Å². The number of nitrogens with zero attached hydrogens (tertiary/aromatic N) is 2. The largest absolute Gasteiger partial charge is 0.466 e. The van der Waals surface area contributed by atoms with E-state index in [0.29, 0.717) is 11.3 Å². The minimum absolute atomic E-state index is 0.538. The number of benzene rings is 4. The first-order valence-corrected chi connectivity index (χ1v) is 10.8. The number of fused-ring (bicyclic) bond motifs is 3. The molecule has 0 aliphatic carbocycles. The highest BCUT2D eigenvalue weighted by molar-refractivity contribution is 6.12. The lowest BCUT2D eigenvalue weighted by molar-refractivity contribution is 0.672. The predicted octanol–water partition coefficient (Wildman–Crippen LogP) is 8.53. The molecule has 0 aliphatic rings. The standard InChI is InChI=1S/C30H18N2O/c1-31-28-12-6-11-26-25-10-5-9-24(29(25)33-30(26)28)21-15-13-20(14-16-21)23-17-18-27(32-19-23)22-7-3-2-4-8-22/h2-19H. The fourth-order valence-electron chi connectivity index (χ4n) is 4.31. The Morgan fingerprint density at radius 2 is 1.27 bits per heavy atom. The van der Waals surface area contributed by atoms with Crippen LogP contribution in [0.15, 0.2) is 114 Å². The molecule has 0 N–H and O–H groups in total. The Hall–Kier alpha value is -4.68. The molecule has 2 aromatic heterocycles. The molecule has 0 saturated heterocycles. The summed E-state index contributed by atoms with van der Waals surface area (Å²) in [7, 11) is 0. The molecule has 0 aliphatic heterocycles. The second kappa shape index (κ2) is 7.78. The van der Waals surface area contributed by atoms with E-state index in [9.17, 15) is 0 Å². The number of hydrogen-bond donors (Lipinski definition) is 0. The van der Waals surface area contributed by atoms with E-state index < -0.39 is 0 Å². The van der Waals surface area contributed by atoms with Crippen molar-refractivity contribution in [2.45, 2.75) is 0 Å². The maximum absolute atomic E-state index is 7.44. The van der Waals surface area contributed by atoms with E-state index in [2.05, 4.69) is 64.4 Å². The van der Waals surface area contributed by atoms with Gasteiger partial charge in [-0.2, -0.15) is 0 Å². The van der Waals surface area contributed by atoms with Gasteiger partial charge in [-0.1, -0.05) is 97.1 Å². The van der Waals surface area contributed by atoms with E-state index >= 15 is 0 Å². The number of furan rings is 1. The summed E-state index contributed by atoms with van der Waals surface area (Å²) in [6.45, 7) is 7.44. The second-order valence-electron chi connectivity index (χ2n) is 7.93. The molecule has 0 amide bonds. The fourth-order valence-corrected chi connectivity index (χ4v) is 4.31. The molecule has 33 heavy (non-hydrogen) atoms. The molecular formula is C30H18N2O. The third-order valence-corrected chi connectivity index (χ3v) is 5.99. The van der Waals surface area contributed by atoms with Crippen molar-refractivity contribution >= 4 is 27.6 Å². The highest BCUT2D eigenvalue weighted by Crippen LogP contribution is 2.39. The number of para-hydroxylation sites is 2. The van der Waals surface area contributed by atoms with Crippen molar-refractivity contribution < 1.29 is 4.42 Å². The summed E-state index contributed by atoms with van der Waals surface area (Å²) in [5.41, 5.74) is 8.34. The number of aromatic nitrogens is 1. The molecule has 6 rings (SSSR count). The molecule has 3 heteroatoms. The summed E-state index contributed by atoms with van der Waals surface area (Å²) < 4.78 is 6.21. The van der Waals surface area contributed by atoms with Gasteiger partial charge in [0.15, 0.2) is 0 Å². The molecular weight excluding hydrogens is 404 g/mol. The van der Waals surface area contributed by atoms with E-state index in [1.807, 2.05) is 48.7 Å². The Labute approximate surface area is 191 Å². The first-order valence-electron chi connectivity index (χ1n) is 10.8. The maximum atomic E-state index is 7.44. The van der Waals surface area contributed by atoms with E-state index in [-0.39, 0.29) is 0 Å². The molecule has 4 aromatic carbocycles. The van der Waals surface area contributed by atoms with Crippen LogP contribution in [0.2, 0.25) is 0 Å². The third-order valence-electron chi connectivity index (χ3n) is 5.99. The zero-order chi connectivity index (χ0) is 22.2. The minimum Gasteiger partial charge on any atom is -0.466 e. The summed E-state index contributed by atoms with van der Waals surface area (Å²) in [5, 5.41) is 2.00. The molecule has 0 fully saturated rings. The van der Waals surface area contributed by atoms with Crippen molar-refractivity contribution in [2.75, 3.05) is 0 Å². The van der Waals surface area contributed by atoms with Gasteiger partial charge in [0.1, 0.15) is 11.2 Å². The summed E-state index contributed by atoms with van der Waals surface area (Å²) in [6.07, 6.45) is 1.92. The van der Waals surface area contributed by atoms with Gasteiger partial charge in [0.25, 0.3) is 0 Å². The molecule has 3 nitrogen and oxygen atoms in total. The minimum atomic E-state index is 0.538. The van der Waals surface area contributed by atoms with Crippen molar-refractivity contribution in [2.24, 2.45) is 0 Å². The van der Waals surface area contributed by atoms with Gasteiger partial charge < -0.3 is 4.42 Å². The van der Waals surface area contributed by atoms with Crippen LogP contribution in [0, 0.1) is 6.57 Å². The van der Waals surface area contributed by atoms with Crippen LogP contribution >= 0.6 is 0 Å². The number of pyridine rings is 1. The molecule has 0 unspecified atom stereocenters. The van der Waals surface area contributed by atoms with E-state index in [1.54, 1.807) is 6.07 Å². The normalized spacial score (nSPS) is 11.0. The highest BCUT2D eigenvalue weighted by Gasteiger charge is 2.14. The van der Waals surface area contributed by atoms with Crippen LogP contribution in [0.4, 0.5) is 5.69 Å². The predicted molar refractivity (Wildman–Crippen MR) is 134 cm³/mol. The molecule has 2 heterocycles. The van der Waals surface area contributed by atoms with Crippen LogP contribution < -0.4 is 0 Å². The Morgan fingerprint density at radius 1 is 0.576 bits per heavy atom. The van der Waals surface area contributed by atoms with Crippen LogP contribution in [-0.2, 0) is 0 Å². The van der Waals surface area contributed by atoms with Crippen molar-refractivity contribution in [1.82, 2.24) is 4.98 Å². The summed E-state index contributed by atoms with van der Waals surface area (Å²) in [4.78, 5) is 8.27. The van der Waals surface area contributed by atoms with Crippen LogP contribution in [0.25, 0.3) is 60.3 Å². The lowest BCUT2D eigenvalue weighted by atomic mass is 9.99. The topological polar surface area (TPSA) is 30.4 Å². The molecule has 0 saturated carbocycles. The SMILES string of the molecule is [C-]#[N+]c1cccc2c1oc1c(-c3ccc(-c4ccc(-c5ccccc5)nc4)cc3)cccc12. The number of hydrogen-bond acceptors (Lipinski definition) is 2. The maximum Gasteiger partial charge on any atom is 0.229 e. The van der Waals surface area contributed by atoms with Gasteiger partial charge in [0.05, 0.1) is 12.3 Å². The number of rotatable bonds is 3. The average molecular weight is 422 g/mol. The van der Waals surface area contributed by atoms with E-state index in [4.69, 9.17) is 11.0 Å². The highest BCUT2D eigenvalue weighted by atomic mass is 16.3. The van der Waals surface area contributed by atoms with Crippen LogP contribution in [0.5, 0.6) is 0 Å². The molecule has 0 radical (unpaired) electrons. The van der Waals surface area contributed by atoms with Crippen LogP contribution in [-0.4, -0.2) is 4.98 Å². The first kappa shape index (κ1) is 19.0. The molecule has 154 valence electrons. The molecule has 6 aromatic rings. The van der Waals surface area contributed by atoms with E-state index in [1.165, 1.54) is 0 Å². The quantitative estimate of drug-likeness (QED) is 0.268. The van der Waals surface area contributed by atoms with E-state index in [0.717, 1.165) is 49.9 Å². The smallest absolute Gasteiger partial charge is 0.229 e. The summed E-state index contributed by atoms with van der Waals surface area (Å²) >= 11 is 0. The van der Waals surface area contributed by atoms with Gasteiger partial charge in [-0.05, 0) is 17.2 Å². The van der Waals surface area contributed by atoms with Crippen LogP contribution in [0.1, 0.15) is 0 Å². The van der Waals surface area contributed by atoms with Crippen molar-refractivity contribution in [1.29, 1.82) is 0 Å². The Balaban J connectivity index is 1.37. The molecule has 0 atom stereocenters. The van der Waals surface area contributed by atoms with Crippen LogP contribution in [0.3, 0.4) is 0 Å². The van der Waals surface area contributed by atoms with Gasteiger partial charge in [-0.25, -0.2) is 4.85 Å². The third kappa shape index (κ3) is 3.26. The first-order chi connectivity index (χ1) is 16.3. The lowest BCUT2D eigenvalue weighted by Gasteiger charge is -2.07. The Bertz CT molecular complexity index is 1640. The zero-order valence-electron chi connectivity index (χ0n) is 17.7. The van der Waals surface area contributed by atoms with Gasteiger partial charge in [-0.15, -0.1) is 0 Å². The Kier molecular flexibility index (Phi) is 4.49. The van der Waals surface area contributed by atoms with Crippen molar-refractivity contribution in [3.8, 4) is 33.5 Å². The van der Waals surface area contributed by atoms with Crippen molar-refractivity contribution in [3.63, 3.8) is 0 Å². The van der Waals surface area contributed by atoms with Crippen molar-refractivity contribution in [3.05, 3.63) is 121 Å². The average Bonchev–Trinajstić information content (AvgIpc) is 3.29. The second-order valence-corrected chi connectivity index (χ2v) is 7.93. The summed E-state index contributed by atoms with van der Waals surface area (Å²) in [5.74, 6) is 0. The van der Waals surface area contributed by atoms with Gasteiger partial charge in [0, 0.05) is 33.7 Å². The van der Waals surface area contributed by atoms with Gasteiger partial charge in [-0.3, -0.25) is 4.98 Å². The van der Waals surface area contributed by atoms with Gasteiger partial charge >= 0.3 is 0 Å². The summed E-state index contributed by atoms with van der Waals surface area (Å²) in [6, 6.07) is 34.7.